The number of aryl methyl sites for hydroxylation is 1. The smallest absolute Gasteiger partial charge is 0.198 e. The van der Waals surface area contributed by atoms with E-state index in [1.165, 1.54) is 128 Å². The van der Waals surface area contributed by atoms with Crippen LogP contribution in [0.2, 0.25) is 0 Å². The Labute approximate surface area is 261 Å². The highest BCUT2D eigenvalue weighted by Gasteiger charge is 2.23. The Bertz CT molecular complexity index is 1270. The van der Waals surface area contributed by atoms with Crippen molar-refractivity contribution >= 4 is 34.0 Å². The van der Waals surface area contributed by atoms with Gasteiger partial charge in [0.25, 0.3) is 0 Å². The van der Waals surface area contributed by atoms with Crippen LogP contribution < -0.4 is 0 Å². The molecule has 232 valence electrons. The van der Waals surface area contributed by atoms with Gasteiger partial charge >= 0.3 is 0 Å². The van der Waals surface area contributed by atoms with Gasteiger partial charge in [-0.05, 0) is 85.2 Å². The maximum atomic E-state index is 15.6. The lowest BCUT2D eigenvalue weighted by molar-refractivity contribution is 0.302. The lowest BCUT2D eigenvalue weighted by atomic mass is 9.76. The second-order valence-corrected chi connectivity index (χ2v) is 13.7. The van der Waals surface area contributed by atoms with Crippen LogP contribution in [0.25, 0.3) is 21.7 Å². The molecule has 2 aromatic carbocycles. The summed E-state index contributed by atoms with van der Waals surface area (Å²) in [4.78, 5) is 0. The van der Waals surface area contributed by atoms with Gasteiger partial charge in [0.1, 0.15) is 0 Å². The molecule has 0 amide bonds. The third kappa shape index (κ3) is 9.63. The summed E-state index contributed by atoms with van der Waals surface area (Å²) >= 11 is 5.69. The first-order chi connectivity index (χ1) is 20.6. The van der Waals surface area contributed by atoms with E-state index < -0.39 is 0 Å². The Balaban J connectivity index is 1.29. The van der Waals surface area contributed by atoms with Gasteiger partial charge in [-0.1, -0.05) is 141 Å². The molecule has 1 nitrogen and oxygen atoms in total. The van der Waals surface area contributed by atoms with E-state index in [0.29, 0.717) is 16.2 Å². The molecule has 0 aliphatic heterocycles. The molecule has 0 bridgehead atoms. The molecule has 1 aromatic heterocycles. The minimum atomic E-state index is -0.220. The number of unbranched alkanes of at least 4 members (excludes halogenated alkanes) is 14. The first-order valence-electron chi connectivity index (χ1n) is 17.8. The van der Waals surface area contributed by atoms with E-state index in [2.05, 4.69) is 38.1 Å². The quantitative estimate of drug-likeness (QED) is 0.0780. The van der Waals surface area contributed by atoms with Crippen LogP contribution in [0.1, 0.15) is 166 Å². The Hall–Kier alpha value is -1.74. The summed E-state index contributed by atoms with van der Waals surface area (Å²) in [5, 5.41) is 2.83. The zero-order valence-electron chi connectivity index (χ0n) is 26.8. The second-order valence-electron chi connectivity index (χ2n) is 13.3. The van der Waals surface area contributed by atoms with E-state index in [4.69, 9.17) is 16.6 Å². The molecule has 1 saturated carbocycles. The molecular formula is C39H57FOS. The summed E-state index contributed by atoms with van der Waals surface area (Å²) in [6, 6.07) is 10.7. The molecule has 42 heavy (non-hydrogen) atoms. The Kier molecular flexibility index (Phi) is 14.3. The van der Waals surface area contributed by atoms with Gasteiger partial charge in [-0.25, -0.2) is 4.39 Å². The molecule has 1 aliphatic rings. The fourth-order valence-electron chi connectivity index (χ4n) is 7.27. The molecule has 0 atom stereocenters. The zero-order chi connectivity index (χ0) is 29.6. The number of fused-ring (bicyclic) bond motifs is 3. The normalized spacial score (nSPS) is 17.4. The summed E-state index contributed by atoms with van der Waals surface area (Å²) in [6.45, 7) is 4.54. The fourth-order valence-corrected chi connectivity index (χ4v) is 7.52. The number of rotatable bonds is 19. The number of hydrogen-bond donors (Lipinski definition) is 0. The van der Waals surface area contributed by atoms with Crippen LogP contribution in [0.3, 0.4) is 0 Å². The van der Waals surface area contributed by atoms with Crippen LogP contribution in [0.4, 0.5) is 4.39 Å². The van der Waals surface area contributed by atoms with Gasteiger partial charge < -0.3 is 4.42 Å². The average molecular weight is 593 g/mol. The van der Waals surface area contributed by atoms with Crippen molar-refractivity contribution in [3.8, 4) is 0 Å². The molecule has 1 fully saturated rings. The molecule has 0 spiro atoms. The van der Waals surface area contributed by atoms with Crippen LogP contribution in [-0.2, 0) is 6.42 Å². The maximum absolute atomic E-state index is 15.6. The third-order valence-electron chi connectivity index (χ3n) is 10.0. The SMILES string of the molecule is CCCCCCCCCCc1ccc2c(oc(=S)c3cc(C4CCC(CCCCCCCCCC)CC4)ccc32)c1F. The first-order valence-corrected chi connectivity index (χ1v) is 18.2. The number of benzene rings is 2. The Morgan fingerprint density at radius 1 is 0.667 bits per heavy atom. The van der Waals surface area contributed by atoms with E-state index >= 15 is 4.39 Å². The van der Waals surface area contributed by atoms with E-state index in [1.54, 1.807) is 0 Å². The Morgan fingerprint density at radius 3 is 1.88 bits per heavy atom. The van der Waals surface area contributed by atoms with Crippen LogP contribution in [-0.4, -0.2) is 0 Å². The van der Waals surface area contributed by atoms with Crippen molar-refractivity contribution in [1.82, 2.24) is 0 Å². The minimum absolute atomic E-state index is 0.220. The highest BCUT2D eigenvalue weighted by molar-refractivity contribution is 7.71. The molecule has 1 aliphatic carbocycles. The van der Waals surface area contributed by atoms with Gasteiger partial charge in [-0.15, -0.1) is 0 Å². The fraction of sp³-hybridized carbons (Fsp3) is 0.667. The third-order valence-corrected chi connectivity index (χ3v) is 10.3. The summed E-state index contributed by atoms with van der Waals surface area (Å²) in [6.07, 6.45) is 28.7. The highest BCUT2D eigenvalue weighted by Crippen LogP contribution is 2.40. The molecule has 3 aromatic rings. The average Bonchev–Trinajstić information content (AvgIpc) is 3.01. The van der Waals surface area contributed by atoms with Gasteiger partial charge in [-0.2, -0.15) is 0 Å². The standard InChI is InChI=1S/C39H57FOS/c1-3-5-7-9-11-13-15-17-19-30-21-23-31(24-22-30)33-26-27-34-35-28-25-32(20-18-16-14-12-10-8-6-4-2)37(40)38(35)41-39(42)36(34)29-33/h25-31H,3-24H2,1-2H3. The molecule has 0 N–H and O–H groups in total. The van der Waals surface area contributed by atoms with Crippen molar-refractivity contribution in [1.29, 1.82) is 0 Å². The molecular weight excluding hydrogens is 535 g/mol. The van der Waals surface area contributed by atoms with Gasteiger partial charge in [-0.3, -0.25) is 0 Å². The van der Waals surface area contributed by atoms with Gasteiger partial charge in [0.05, 0.1) is 0 Å². The molecule has 0 unspecified atom stereocenters. The Morgan fingerprint density at radius 2 is 1.24 bits per heavy atom. The van der Waals surface area contributed by atoms with Crippen LogP contribution in [0, 0.1) is 16.4 Å². The first kappa shape index (κ1) is 33.2. The van der Waals surface area contributed by atoms with E-state index in [1.807, 2.05) is 6.07 Å². The van der Waals surface area contributed by atoms with Crippen LogP contribution in [0.15, 0.2) is 34.7 Å². The summed E-state index contributed by atoms with van der Waals surface area (Å²) in [7, 11) is 0. The van der Waals surface area contributed by atoms with Crippen molar-refractivity contribution in [3.05, 3.63) is 52.0 Å². The van der Waals surface area contributed by atoms with Crippen LogP contribution >= 0.6 is 12.2 Å². The minimum Gasteiger partial charge on any atom is -0.441 e. The monoisotopic (exact) mass is 592 g/mol. The van der Waals surface area contributed by atoms with Crippen molar-refractivity contribution in [2.24, 2.45) is 5.92 Å². The van der Waals surface area contributed by atoms with E-state index in [-0.39, 0.29) is 5.82 Å². The van der Waals surface area contributed by atoms with Crippen molar-refractivity contribution in [2.45, 2.75) is 161 Å². The predicted molar refractivity (Wildman–Crippen MR) is 183 cm³/mol. The van der Waals surface area contributed by atoms with Crippen LogP contribution in [0.5, 0.6) is 0 Å². The number of halogens is 1. The van der Waals surface area contributed by atoms with Gasteiger partial charge in [0.15, 0.2) is 16.1 Å². The molecule has 0 saturated heterocycles. The molecule has 0 radical (unpaired) electrons. The van der Waals surface area contributed by atoms with Crippen molar-refractivity contribution < 1.29 is 8.81 Å². The van der Waals surface area contributed by atoms with Crippen molar-refractivity contribution in [3.63, 3.8) is 0 Å². The van der Waals surface area contributed by atoms with E-state index in [9.17, 15) is 0 Å². The largest absolute Gasteiger partial charge is 0.441 e. The topological polar surface area (TPSA) is 13.1 Å². The maximum Gasteiger partial charge on any atom is 0.198 e. The lowest BCUT2D eigenvalue weighted by Crippen LogP contribution is -2.13. The second kappa shape index (κ2) is 18.2. The molecule has 1 heterocycles. The summed E-state index contributed by atoms with van der Waals surface area (Å²) in [5.41, 5.74) is 2.46. The molecule has 4 rings (SSSR count). The summed E-state index contributed by atoms with van der Waals surface area (Å²) < 4.78 is 22.0. The highest BCUT2D eigenvalue weighted by atomic mass is 32.1. The van der Waals surface area contributed by atoms with Gasteiger partial charge in [0, 0.05) is 10.8 Å². The number of hydrogen-bond acceptors (Lipinski definition) is 2. The zero-order valence-corrected chi connectivity index (χ0v) is 27.6. The van der Waals surface area contributed by atoms with Crippen molar-refractivity contribution in [2.75, 3.05) is 0 Å². The van der Waals surface area contributed by atoms with Gasteiger partial charge in [0.2, 0.25) is 0 Å². The predicted octanol–water partition coefficient (Wildman–Crippen LogP) is 13.9. The summed E-state index contributed by atoms with van der Waals surface area (Å²) in [5.74, 6) is 1.28. The molecule has 3 heteroatoms. The van der Waals surface area contributed by atoms with E-state index in [0.717, 1.165) is 46.9 Å². The lowest BCUT2D eigenvalue weighted by Gasteiger charge is -2.29.